The Balaban J connectivity index is 1.31. The molecule has 0 amide bonds. The second-order valence-electron chi connectivity index (χ2n) is 8.72. The summed E-state index contributed by atoms with van der Waals surface area (Å²) in [6, 6.07) is 4.60. The molecule has 3 aromatic heterocycles. The summed E-state index contributed by atoms with van der Waals surface area (Å²) < 4.78 is 15.7. The molecule has 1 aliphatic carbocycles. The van der Waals surface area contributed by atoms with Crippen LogP contribution in [0.25, 0.3) is 20.7 Å². The Hall–Kier alpha value is -2.55. The predicted molar refractivity (Wildman–Crippen MR) is 131 cm³/mol. The summed E-state index contributed by atoms with van der Waals surface area (Å²) in [5.74, 6) is 0.286. The number of anilines is 2. The minimum atomic E-state index is -0.437. The molecule has 170 valence electrons. The summed E-state index contributed by atoms with van der Waals surface area (Å²) >= 11 is 7.66. The maximum atomic E-state index is 13.6. The standard InChI is InChI=1S/C24H24ClFN6S/c25-18-12-15(4-6-19(18)26)29-23-21-16-5-7-20-17(22(16)33-24(21)28-14-27-23)13-32(30-20)11-10-31-8-2-1-3-9-31/h4,6,12-14H,1-3,5,7-11H2,(H,27,28,29). The normalized spacial score (nSPS) is 16.1. The van der Waals surface area contributed by atoms with Crippen LogP contribution >= 0.6 is 22.9 Å². The molecule has 1 N–H and O–H groups in total. The van der Waals surface area contributed by atoms with Crippen LogP contribution in [0.3, 0.4) is 0 Å². The Morgan fingerprint density at radius 1 is 1.09 bits per heavy atom. The fourth-order valence-corrected chi connectivity index (χ4v) is 6.28. The van der Waals surface area contributed by atoms with Crippen molar-refractivity contribution in [3.8, 4) is 10.4 Å². The number of nitrogens with zero attached hydrogens (tertiary/aromatic N) is 5. The van der Waals surface area contributed by atoms with Crippen molar-refractivity contribution in [3.05, 3.63) is 52.8 Å². The van der Waals surface area contributed by atoms with Gasteiger partial charge >= 0.3 is 0 Å². The Morgan fingerprint density at radius 3 is 2.82 bits per heavy atom. The molecule has 0 saturated carbocycles. The Labute approximate surface area is 200 Å². The quantitative estimate of drug-likeness (QED) is 0.397. The third-order valence-corrected chi connectivity index (χ3v) is 8.02. The maximum Gasteiger partial charge on any atom is 0.142 e. The van der Waals surface area contributed by atoms with E-state index in [-0.39, 0.29) is 5.02 Å². The first-order valence-electron chi connectivity index (χ1n) is 11.4. The minimum absolute atomic E-state index is 0.0826. The van der Waals surface area contributed by atoms with Gasteiger partial charge < -0.3 is 10.2 Å². The molecule has 4 aromatic rings. The van der Waals surface area contributed by atoms with Gasteiger partial charge in [-0.25, -0.2) is 14.4 Å². The molecule has 9 heteroatoms. The zero-order valence-corrected chi connectivity index (χ0v) is 19.7. The van der Waals surface area contributed by atoms with Crippen molar-refractivity contribution in [2.24, 2.45) is 0 Å². The lowest BCUT2D eigenvalue weighted by Gasteiger charge is -2.26. The number of hydrogen-bond donors (Lipinski definition) is 1. The summed E-state index contributed by atoms with van der Waals surface area (Å²) in [5.41, 5.74) is 4.34. The van der Waals surface area contributed by atoms with Gasteiger partial charge in [0.05, 0.1) is 22.6 Å². The summed E-state index contributed by atoms with van der Waals surface area (Å²) in [5, 5.41) is 9.34. The van der Waals surface area contributed by atoms with Crippen LogP contribution in [0.5, 0.6) is 0 Å². The van der Waals surface area contributed by atoms with Crippen molar-refractivity contribution in [1.29, 1.82) is 0 Å². The molecule has 0 bridgehead atoms. The third kappa shape index (κ3) is 4.00. The van der Waals surface area contributed by atoms with E-state index < -0.39 is 5.82 Å². The molecule has 0 atom stereocenters. The molecular formula is C24H24ClFN6S. The number of thiophene rings is 1. The molecule has 6 nitrogen and oxygen atoms in total. The number of hydrogen-bond acceptors (Lipinski definition) is 6. The third-order valence-electron chi connectivity index (χ3n) is 6.56. The largest absolute Gasteiger partial charge is 0.340 e. The van der Waals surface area contributed by atoms with E-state index in [1.807, 2.05) is 0 Å². The van der Waals surface area contributed by atoms with E-state index in [9.17, 15) is 4.39 Å². The lowest BCUT2D eigenvalue weighted by Crippen LogP contribution is -2.32. The first-order valence-corrected chi connectivity index (χ1v) is 12.6. The van der Waals surface area contributed by atoms with Crippen LogP contribution in [0.2, 0.25) is 5.02 Å². The molecule has 1 saturated heterocycles. The Bertz CT molecular complexity index is 1330. The van der Waals surface area contributed by atoms with E-state index in [4.69, 9.17) is 16.7 Å². The zero-order valence-electron chi connectivity index (χ0n) is 18.2. The first-order chi connectivity index (χ1) is 16.2. The summed E-state index contributed by atoms with van der Waals surface area (Å²) in [4.78, 5) is 13.8. The second-order valence-corrected chi connectivity index (χ2v) is 10.1. The van der Waals surface area contributed by atoms with E-state index in [0.717, 1.165) is 42.0 Å². The summed E-state index contributed by atoms with van der Waals surface area (Å²) in [6.07, 6.45) is 9.55. The van der Waals surface area contributed by atoms with Crippen LogP contribution in [0.15, 0.2) is 30.7 Å². The molecule has 33 heavy (non-hydrogen) atoms. The first kappa shape index (κ1) is 21.0. The number of rotatable bonds is 5. The number of piperidine rings is 1. The van der Waals surface area contributed by atoms with Crippen molar-refractivity contribution in [3.63, 3.8) is 0 Å². The zero-order chi connectivity index (χ0) is 22.4. The van der Waals surface area contributed by atoms with Crippen molar-refractivity contribution >= 4 is 44.7 Å². The molecule has 0 radical (unpaired) electrons. The van der Waals surface area contributed by atoms with Gasteiger partial charge in [0, 0.05) is 28.9 Å². The van der Waals surface area contributed by atoms with Gasteiger partial charge in [-0.05, 0) is 62.5 Å². The number of halogens is 2. The van der Waals surface area contributed by atoms with Crippen LogP contribution < -0.4 is 5.32 Å². The number of aryl methyl sites for hydroxylation is 2. The summed E-state index contributed by atoms with van der Waals surface area (Å²) in [6.45, 7) is 4.38. The Kier molecular flexibility index (Phi) is 5.52. The summed E-state index contributed by atoms with van der Waals surface area (Å²) in [7, 11) is 0. The highest BCUT2D eigenvalue weighted by molar-refractivity contribution is 7.22. The molecular weight excluding hydrogens is 459 g/mol. The van der Waals surface area contributed by atoms with E-state index in [1.54, 1.807) is 29.8 Å². The molecule has 1 aliphatic heterocycles. The van der Waals surface area contributed by atoms with Crippen LogP contribution in [0.1, 0.15) is 30.5 Å². The molecule has 1 fully saturated rings. The fraction of sp³-hybridized carbons (Fsp3) is 0.375. The van der Waals surface area contributed by atoms with Gasteiger partial charge in [-0.3, -0.25) is 4.68 Å². The minimum Gasteiger partial charge on any atom is -0.340 e. The number of fused-ring (bicyclic) bond motifs is 5. The van der Waals surface area contributed by atoms with E-state index >= 15 is 0 Å². The van der Waals surface area contributed by atoms with E-state index in [1.165, 1.54) is 60.1 Å². The predicted octanol–water partition coefficient (Wildman–Crippen LogP) is 5.68. The van der Waals surface area contributed by atoms with Crippen molar-refractivity contribution in [1.82, 2.24) is 24.6 Å². The molecule has 0 spiro atoms. The highest BCUT2D eigenvalue weighted by Gasteiger charge is 2.26. The number of benzene rings is 1. The molecule has 4 heterocycles. The lowest BCUT2D eigenvalue weighted by atomic mass is 9.95. The van der Waals surface area contributed by atoms with Gasteiger partial charge in [0.1, 0.15) is 22.8 Å². The number of aromatic nitrogens is 4. The average Bonchev–Trinajstić information content (AvgIpc) is 3.42. The van der Waals surface area contributed by atoms with Gasteiger partial charge in [-0.1, -0.05) is 18.0 Å². The van der Waals surface area contributed by atoms with Gasteiger partial charge in [0.2, 0.25) is 0 Å². The second kappa shape index (κ2) is 8.66. The van der Waals surface area contributed by atoms with Crippen LogP contribution in [-0.2, 0) is 19.4 Å². The van der Waals surface area contributed by atoms with Crippen LogP contribution in [-0.4, -0.2) is 44.3 Å². The van der Waals surface area contributed by atoms with Crippen molar-refractivity contribution in [2.75, 3.05) is 25.0 Å². The lowest BCUT2D eigenvalue weighted by molar-refractivity contribution is 0.218. The average molecular weight is 483 g/mol. The maximum absolute atomic E-state index is 13.6. The molecule has 2 aliphatic rings. The topological polar surface area (TPSA) is 58.9 Å². The van der Waals surface area contributed by atoms with Crippen LogP contribution in [0, 0.1) is 5.82 Å². The molecule has 1 aromatic carbocycles. The molecule has 6 rings (SSSR count). The van der Waals surface area contributed by atoms with Gasteiger partial charge in [0.25, 0.3) is 0 Å². The van der Waals surface area contributed by atoms with Gasteiger partial charge in [0.15, 0.2) is 0 Å². The van der Waals surface area contributed by atoms with Gasteiger partial charge in [-0.2, -0.15) is 5.10 Å². The molecule has 0 unspecified atom stereocenters. The monoisotopic (exact) mass is 482 g/mol. The fourth-order valence-electron chi connectivity index (χ4n) is 4.87. The smallest absolute Gasteiger partial charge is 0.142 e. The highest BCUT2D eigenvalue weighted by Crippen LogP contribution is 2.45. The highest BCUT2D eigenvalue weighted by atomic mass is 35.5. The van der Waals surface area contributed by atoms with E-state index in [2.05, 4.69) is 31.1 Å². The Morgan fingerprint density at radius 2 is 1.97 bits per heavy atom. The van der Waals surface area contributed by atoms with Gasteiger partial charge in [-0.15, -0.1) is 11.3 Å². The van der Waals surface area contributed by atoms with Crippen molar-refractivity contribution in [2.45, 2.75) is 38.6 Å². The van der Waals surface area contributed by atoms with Crippen molar-refractivity contribution < 1.29 is 4.39 Å². The number of nitrogens with one attached hydrogen (secondary N) is 1. The number of likely N-dealkylation sites (tertiary alicyclic amines) is 1. The van der Waals surface area contributed by atoms with E-state index in [0.29, 0.717) is 5.69 Å². The van der Waals surface area contributed by atoms with Crippen LogP contribution in [0.4, 0.5) is 15.9 Å². The SMILES string of the molecule is Fc1ccc(Nc2ncnc3sc4c(c23)CCc2nn(CCN3CCCCC3)cc2-4)cc1Cl.